The molecule has 10 nitrogen and oxygen atoms in total. The molecule has 3 amide bonds. The molecule has 0 saturated carbocycles. The molecule has 5 unspecified atom stereocenters. The monoisotopic (exact) mass is 466 g/mol. The molecular formula is C16H26N4O6S3. The zero-order valence-electron chi connectivity index (χ0n) is 16.3. The van der Waals surface area contributed by atoms with E-state index in [0.29, 0.717) is 31.7 Å². The standard InChI is InChI=1S/C16H26N4O6S3/c1-3-26-16(23)19-12(21)9-5-7-27-14(9)18-13(22)15-17-10-4-6-20(29(2,24)25)8-11(10)28-15/h9-11,14-15,17H,3-8H2,1-2H3,(H,18,22)(H,19,21,23). The van der Waals surface area contributed by atoms with E-state index in [4.69, 9.17) is 4.74 Å². The number of hydrogen-bond donors (Lipinski definition) is 3. The number of amides is 3. The van der Waals surface area contributed by atoms with Gasteiger partial charge in [-0.15, -0.1) is 23.5 Å². The molecular weight excluding hydrogens is 440 g/mol. The third-order valence-corrected chi connectivity index (χ3v) is 9.12. The summed E-state index contributed by atoms with van der Waals surface area (Å²) in [4.78, 5) is 36.6. The van der Waals surface area contributed by atoms with E-state index >= 15 is 0 Å². The summed E-state index contributed by atoms with van der Waals surface area (Å²) in [5.41, 5.74) is 0. The second-order valence-electron chi connectivity index (χ2n) is 7.14. The van der Waals surface area contributed by atoms with E-state index in [1.807, 2.05) is 0 Å². The SMILES string of the molecule is CCOC(=O)NC(=O)C1CCSC1NC(=O)C1NC2CCN(S(C)(=O)=O)CC2S1. The van der Waals surface area contributed by atoms with Crippen molar-refractivity contribution in [2.45, 2.75) is 41.8 Å². The molecule has 0 aromatic rings. The molecule has 3 N–H and O–H groups in total. The maximum absolute atomic E-state index is 12.8. The van der Waals surface area contributed by atoms with Gasteiger partial charge in [0.25, 0.3) is 0 Å². The number of alkyl carbamates (subject to hydrolysis) is 1. The zero-order valence-corrected chi connectivity index (χ0v) is 18.7. The van der Waals surface area contributed by atoms with Gasteiger partial charge in [0, 0.05) is 24.4 Å². The first-order chi connectivity index (χ1) is 13.7. The van der Waals surface area contributed by atoms with Gasteiger partial charge in [0.1, 0.15) is 5.37 Å². The Kier molecular flexibility index (Phi) is 7.36. The van der Waals surface area contributed by atoms with Crippen molar-refractivity contribution in [1.29, 1.82) is 0 Å². The van der Waals surface area contributed by atoms with E-state index in [9.17, 15) is 22.8 Å². The summed E-state index contributed by atoms with van der Waals surface area (Å²) in [5.74, 6) is -0.499. The molecule has 13 heteroatoms. The summed E-state index contributed by atoms with van der Waals surface area (Å²) in [6.45, 7) is 2.64. The summed E-state index contributed by atoms with van der Waals surface area (Å²) in [5, 5.41) is 7.47. The van der Waals surface area contributed by atoms with Crippen LogP contribution in [0.15, 0.2) is 0 Å². The third kappa shape index (κ3) is 5.57. The van der Waals surface area contributed by atoms with Gasteiger partial charge in [0.2, 0.25) is 21.8 Å². The Hall–Kier alpha value is -1.02. The largest absolute Gasteiger partial charge is 0.450 e. The van der Waals surface area contributed by atoms with Crippen molar-refractivity contribution in [2.75, 3.05) is 31.7 Å². The molecule has 0 aliphatic carbocycles. The molecule has 5 atom stereocenters. The Balaban J connectivity index is 1.54. The normalized spacial score (nSPS) is 32.4. The number of imide groups is 1. The number of nitrogens with zero attached hydrogens (tertiary/aromatic N) is 1. The lowest BCUT2D eigenvalue weighted by Crippen LogP contribution is -2.51. The number of carbonyl (C=O) groups excluding carboxylic acids is 3. The number of thioether (sulfide) groups is 2. The number of hydrogen-bond acceptors (Lipinski definition) is 9. The molecule has 0 aromatic heterocycles. The van der Waals surface area contributed by atoms with Crippen molar-refractivity contribution in [1.82, 2.24) is 20.3 Å². The highest BCUT2D eigenvalue weighted by atomic mass is 32.2. The van der Waals surface area contributed by atoms with Gasteiger partial charge in [0.05, 0.1) is 24.2 Å². The van der Waals surface area contributed by atoms with E-state index < -0.39 is 38.7 Å². The first kappa shape index (κ1) is 22.7. The smallest absolute Gasteiger partial charge is 0.413 e. The summed E-state index contributed by atoms with van der Waals surface area (Å²) < 4.78 is 29.7. The Morgan fingerprint density at radius 1 is 1.24 bits per heavy atom. The van der Waals surface area contributed by atoms with Crippen LogP contribution in [0, 0.1) is 5.92 Å². The Bertz CT molecular complexity index is 764. The van der Waals surface area contributed by atoms with E-state index in [1.165, 1.54) is 34.1 Å². The van der Waals surface area contributed by atoms with E-state index in [-0.39, 0.29) is 23.8 Å². The van der Waals surface area contributed by atoms with Crippen molar-refractivity contribution in [3.05, 3.63) is 0 Å². The van der Waals surface area contributed by atoms with Crippen LogP contribution in [0.3, 0.4) is 0 Å². The van der Waals surface area contributed by atoms with Gasteiger partial charge in [-0.2, -0.15) is 0 Å². The molecule has 29 heavy (non-hydrogen) atoms. The van der Waals surface area contributed by atoms with Crippen LogP contribution in [-0.2, 0) is 24.3 Å². The number of nitrogens with one attached hydrogen (secondary N) is 3. The van der Waals surface area contributed by atoms with Crippen LogP contribution in [-0.4, -0.2) is 84.4 Å². The van der Waals surface area contributed by atoms with Crippen LogP contribution in [0.4, 0.5) is 4.79 Å². The second kappa shape index (κ2) is 9.41. The maximum atomic E-state index is 12.8. The molecule has 3 heterocycles. The fraction of sp³-hybridized carbons (Fsp3) is 0.812. The third-order valence-electron chi connectivity index (χ3n) is 5.12. The summed E-state index contributed by atoms with van der Waals surface area (Å²) in [6.07, 6.45) is 1.62. The molecule has 0 radical (unpaired) electrons. The van der Waals surface area contributed by atoms with Gasteiger partial charge >= 0.3 is 6.09 Å². The van der Waals surface area contributed by atoms with Gasteiger partial charge in [0.15, 0.2) is 0 Å². The summed E-state index contributed by atoms with van der Waals surface area (Å²) in [6, 6.07) is 0.0768. The molecule has 0 spiro atoms. The molecule has 3 rings (SSSR count). The van der Waals surface area contributed by atoms with Gasteiger partial charge in [-0.1, -0.05) is 0 Å². The van der Waals surface area contributed by atoms with Crippen molar-refractivity contribution in [3.63, 3.8) is 0 Å². The van der Waals surface area contributed by atoms with Crippen LogP contribution >= 0.6 is 23.5 Å². The van der Waals surface area contributed by atoms with Crippen LogP contribution in [0.5, 0.6) is 0 Å². The number of ether oxygens (including phenoxy) is 1. The minimum atomic E-state index is -3.25. The number of carbonyl (C=O) groups is 3. The highest BCUT2D eigenvalue weighted by molar-refractivity contribution is 8.01. The minimum absolute atomic E-state index is 0.00775. The van der Waals surface area contributed by atoms with Crippen LogP contribution in [0.25, 0.3) is 0 Å². The molecule has 0 bridgehead atoms. The average Bonchev–Trinajstić information content (AvgIpc) is 3.26. The summed E-state index contributed by atoms with van der Waals surface area (Å²) >= 11 is 2.89. The average molecular weight is 467 g/mol. The molecule has 164 valence electrons. The van der Waals surface area contributed by atoms with E-state index in [2.05, 4.69) is 16.0 Å². The fourth-order valence-corrected chi connectivity index (χ4v) is 7.40. The van der Waals surface area contributed by atoms with Crippen LogP contribution < -0.4 is 16.0 Å². The number of sulfonamides is 1. The Labute approximate surface area is 178 Å². The second-order valence-corrected chi connectivity index (χ2v) is 11.7. The number of piperidine rings is 1. The van der Waals surface area contributed by atoms with Gasteiger partial charge in [-0.25, -0.2) is 17.5 Å². The first-order valence-corrected chi connectivity index (χ1v) is 13.3. The molecule has 3 saturated heterocycles. The van der Waals surface area contributed by atoms with Gasteiger partial charge < -0.3 is 10.1 Å². The van der Waals surface area contributed by atoms with E-state index in [1.54, 1.807) is 6.92 Å². The quantitative estimate of drug-likeness (QED) is 0.491. The zero-order chi connectivity index (χ0) is 21.2. The Morgan fingerprint density at radius 3 is 2.69 bits per heavy atom. The molecule has 3 aliphatic heterocycles. The predicted octanol–water partition coefficient (Wildman–Crippen LogP) is -0.480. The predicted molar refractivity (Wildman–Crippen MR) is 111 cm³/mol. The summed E-state index contributed by atoms with van der Waals surface area (Å²) in [7, 11) is -3.25. The van der Waals surface area contributed by atoms with Crippen molar-refractivity contribution in [3.8, 4) is 0 Å². The first-order valence-electron chi connectivity index (χ1n) is 9.45. The topological polar surface area (TPSA) is 134 Å². The number of fused-ring (bicyclic) bond motifs is 1. The van der Waals surface area contributed by atoms with Crippen LogP contribution in [0.2, 0.25) is 0 Å². The molecule has 3 fully saturated rings. The lowest BCUT2D eigenvalue weighted by molar-refractivity contribution is -0.125. The maximum Gasteiger partial charge on any atom is 0.413 e. The Morgan fingerprint density at radius 2 is 2.00 bits per heavy atom. The lowest BCUT2D eigenvalue weighted by Gasteiger charge is -2.32. The van der Waals surface area contributed by atoms with Gasteiger partial charge in [-0.3, -0.25) is 20.2 Å². The molecule has 0 aromatic carbocycles. The van der Waals surface area contributed by atoms with E-state index in [0.717, 1.165) is 0 Å². The number of rotatable bonds is 5. The van der Waals surface area contributed by atoms with Crippen molar-refractivity contribution in [2.24, 2.45) is 5.92 Å². The van der Waals surface area contributed by atoms with Crippen molar-refractivity contribution >= 4 is 51.5 Å². The minimum Gasteiger partial charge on any atom is -0.450 e. The highest BCUT2D eigenvalue weighted by Crippen LogP contribution is 2.35. The van der Waals surface area contributed by atoms with Gasteiger partial charge in [-0.05, 0) is 25.5 Å². The van der Waals surface area contributed by atoms with Crippen LogP contribution in [0.1, 0.15) is 19.8 Å². The highest BCUT2D eigenvalue weighted by Gasteiger charge is 2.44. The fourth-order valence-electron chi connectivity index (χ4n) is 3.64. The van der Waals surface area contributed by atoms with Crippen molar-refractivity contribution < 1.29 is 27.5 Å². The molecule has 3 aliphatic rings. The lowest BCUT2D eigenvalue weighted by atomic mass is 10.1.